The standard InChI is InChI=1S/C13H15N2S/c1-4-10-6-15-7-12-11(9(2)8-16-12)5-13(15)14(10)3/h5-8H,4H2,1-3H3/q+1. The van der Waals surface area contributed by atoms with Crippen LogP contribution < -0.4 is 4.40 Å². The number of thiophene rings is 1. The molecule has 0 unspecified atom stereocenters. The minimum atomic E-state index is 1.07. The van der Waals surface area contributed by atoms with Crippen LogP contribution in [0.1, 0.15) is 18.2 Å². The smallest absolute Gasteiger partial charge is 0.230 e. The fourth-order valence-electron chi connectivity index (χ4n) is 2.25. The van der Waals surface area contributed by atoms with Gasteiger partial charge in [0.2, 0.25) is 0 Å². The third-order valence-corrected chi connectivity index (χ3v) is 4.32. The molecule has 0 amide bonds. The van der Waals surface area contributed by atoms with E-state index in [1.165, 1.54) is 27.0 Å². The second-order valence-electron chi connectivity index (χ2n) is 4.27. The molecule has 0 aromatic carbocycles. The Kier molecular flexibility index (Phi) is 2.04. The van der Waals surface area contributed by atoms with E-state index in [0.717, 1.165) is 6.42 Å². The van der Waals surface area contributed by atoms with Crippen molar-refractivity contribution in [2.75, 3.05) is 0 Å². The van der Waals surface area contributed by atoms with Gasteiger partial charge >= 0.3 is 0 Å². The lowest BCUT2D eigenvalue weighted by Gasteiger charge is -1.92. The monoisotopic (exact) mass is 231 g/mol. The quantitative estimate of drug-likeness (QED) is 0.570. The van der Waals surface area contributed by atoms with Crippen LogP contribution in [0, 0.1) is 6.92 Å². The Bertz CT molecular complexity index is 676. The van der Waals surface area contributed by atoms with Crippen LogP contribution in [0.25, 0.3) is 15.7 Å². The van der Waals surface area contributed by atoms with Gasteiger partial charge in [-0.3, -0.25) is 0 Å². The first kappa shape index (κ1) is 9.85. The molecule has 3 rings (SSSR count). The molecule has 16 heavy (non-hydrogen) atoms. The van der Waals surface area contributed by atoms with Gasteiger partial charge in [-0.25, -0.2) is 8.97 Å². The van der Waals surface area contributed by atoms with Crippen LogP contribution in [0.5, 0.6) is 0 Å². The number of hydrogen-bond acceptors (Lipinski definition) is 1. The maximum atomic E-state index is 2.29. The highest BCUT2D eigenvalue weighted by atomic mass is 32.1. The molecule has 0 atom stereocenters. The molecule has 0 aliphatic heterocycles. The van der Waals surface area contributed by atoms with Crippen LogP contribution >= 0.6 is 11.3 Å². The van der Waals surface area contributed by atoms with Crippen LogP contribution in [0.15, 0.2) is 23.8 Å². The van der Waals surface area contributed by atoms with Crippen molar-refractivity contribution in [1.29, 1.82) is 0 Å². The summed E-state index contributed by atoms with van der Waals surface area (Å²) in [4.78, 5) is 0. The summed E-state index contributed by atoms with van der Waals surface area (Å²) in [5.74, 6) is 0. The number of aromatic nitrogens is 2. The Hall–Kier alpha value is -1.35. The lowest BCUT2D eigenvalue weighted by molar-refractivity contribution is -0.509. The van der Waals surface area contributed by atoms with E-state index in [1.54, 1.807) is 0 Å². The fourth-order valence-corrected chi connectivity index (χ4v) is 3.20. The molecule has 0 saturated heterocycles. The molecule has 0 spiro atoms. The Labute approximate surface area is 98.8 Å². The number of aryl methyl sites for hydroxylation is 3. The molecule has 3 heteroatoms. The molecular weight excluding hydrogens is 216 g/mol. The largest absolute Gasteiger partial charge is 0.286 e. The predicted octanol–water partition coefficient (Wildman–Crippen LogP) is 2.85. The van der Waals surface area contributed by atoms with Gasteiger partial charge in [0.1, 0.15) is 18.1 Å². The molecule has 3 aromatic rings. The maximum Gasteiger partial charge on any atom is 0.286 e. The number of rotatable bonds is 1. The molecule has 0 bridgehead atoms. The lowest BCUT2D eigenvalue weighted by atomic mass is 10.2. The van der Waals surface area contributed by atoms with Crippen molar-refractivity contribution in [1.82, 2.24) is 4.57 Å². The van der Waals surface area contributed by atoms with Gasteiger partial charge in [0.25, 0.3) is 5.65 Å². The molecule has 0 aliphatic rings. The summed E-state index contributed by atoms with van der Waals surface area (Å²) in [5.41, 5.74) is 4.02. The van der Waals surface area contributed by atoms with Gasteiger partial charge in [-0.2, -0.15) is 0 Å². The zero-order valence-electron chi connectivity index (χ0n) is 9.82. The van der Waals surface area contributed by atoms with Crippen molar-refractivity contribution in [3.8, 4) is 0 Å². The molecular formula is C13H15N2S+. The van der Waals surface area contributed by atoms with Crippen LogP contribution in [-0.2, 0) is 13.5 Å². The predicted molar refractivity (Wildman–Crippen MR) is 68.1 cm³/mol. The van der Waals surface area contributed by atoms with Crippen molar-refractivity contribution < 1.29 is 4.40 Å². The summed E-state index contributed by atoms with van der Waals surface area (Å²) >= 11 is 1.82. The van der Waals surface area contributed by atoms with E-state index in [2.05, 4.69) is 53.7 Å². The molecule has 0 radical (unpaired) electrons. The molecule has 2 nitrogen and oxygen atoms in total. The van der Waals surface area contributed by atoms with E-state index in [-0.39, 0.29) is 0 Å². The minimum absolute atomic E-state index is 1.07. The Morgan fingerprint density at radius 2 is 2.19 bits per heavy atom. The number of imidazole rings is 1. The number of fused-ring (bicyclic) bond motifs is 2. The highest BCUT2D eigenvalue weighted by Crippen LogP contribution is 2.25. The third kappa shape index (κ3) is 1.21. The normalized spacial score (nSPS) is 11.7. The first-order valence-electron chi connectivity index (χ1n) is 5.58. The van der Waals surface area contributed by atoms with Gasteiger partial charge in [-0.1, -0.05) is 6.92 Å². The van der Waals surface area contributed by atoms with Crippen LogP contribution in [0.2, 0.25) is 0 Å². The van der Waals surface area contributed by atoms with E-state index in [9.17, 15) is 0 Å². The molecule has 3 heterocycles. The van der Waals surface area contributed by atoms with Crippen LogP contribution in [0.4, 0.5) is 0 Å². The van der Waals surface area contributed by atoms with Crippen LogP contribution in [-0.4, -0.2) is 4.57 Å². The first-order chi connectivity index (χ1) is 7.70. The molecule has 3 aromatic heterocycles. The summed E-state index contributed by atoms with van der Waals surface area (Å²) in [6.45, 7) is 4.38. The number of nitrogens with zero attached hydrogens (tertiary/aromatic N) is 2. The molecule has 0 N–H and O–H groups in total. The summed E-state index contributed by atoms with van der Waals surface area (Å²) in [6, 6.07) is 2.29. The molecule has 0 aliphatic carbocycles. The van der Waals surface area contributed by atoms with Crippen molar-refractivity contribution >= 4 is 27.1 Å². The maximum absolute atomic E-state index is 2.29. The second kappa shape index (κ2) is 3.32. The highest BCUT2D eigenvalue weighted by molar-refractivity contribution is 7.17. The Morgan fingerprint density at radius 1 is 1.38 bits per heavy atom. The summed E-state index contributed by atoms with van der Waals surface area (Å²) in [5, 5.41) is 3.61. The zero-order chi connectivity index (χ0) is 11.3. The summed E-state index contributed by atoms with van der Waals surface area (Å²) in [7, 11) is 2.14. The average Bonchev–Trinajstić information content (AvgIpc) is 2.79. The van der Waals surface area contributed by atoms with E-state index in [0.29, 0.717) is 0 Å². The summed E-state index contributed by atoms with van der Waals surface area (Å²) < 4.78 is 5.87. The van der Waals surface area contributed by atoms with E-state index in [4.69, 9.17) is 0 Å². The highest BCUT2D eigenvalue weighted by Gasteiger charge is 2.14. The topological polar surface area (TPSA) is 9.03 Å². The SMILES string of the molecule is CCc1c[n+]2cc3scc(C)c3cc2n1C. The van der Waals surface area contributed by atoms with Crippen molar-refractivity contribution in [3.05, 3.63) is 35.1 Å². The van der Waals surface area contributed by atoms with E-state index < -0.39 is 0 Å². The van der Waals surface area contributed by atoms with Gasteiger partial charge in [0, 0.05) is 17.9 Å². The first-order valence-corrected chi connectivity index (χ1v) is 6.46. The number of pyridine rings is 1. The van der Waals surface area contributed by atoms with Crippen LogP contribution in [0.3, 0.4) is 0 Å². The van der Waals surface area contributed by atoms with Crippen molar-refractivity contribution in [2.45, 2.75) is 20.3 Å². The number of hydrogen-bond donors (Lipinski definition) is 0. The average molecular weight is 231 g/mol. The third-order valence-electron chi connectivity index (χ3n) is 3.27. The lowest BCUT2D eigenvalue weighted by Crippen LogP contribution is -2.17. The van der Waals surface area contributed by atoms with Gasteiger partial charge in [-0.05, 0) is 17.9 Å². The van der Waals surface area contributed by atoms with Crippen molar-refractivity contribution in [2.24, 2.45) is 7.05 Å². The fraction of sp³-hybridized carbons (Fsp3) is 0.308. The van der Waals surface area contributed by atoms with Crippen molar-refractivity contribution in [3.63, 3.8) is 0 Å². The second-order valence-corrected chi connectivity index (χ2v) is 5.18. The van der Waals surface area contributed by atoms with Gasteiger partial charge in [0.15, 0.2) is 0 Å². The minimum Gasteiger partial charge on any atom is -0.230 e. The van der Waals surface area contributed by atoms with Gasteiger partial charge in [-0.15, -0.1) is 11.3 Å². The van der Waals surface area contributed by atoms with Gasteiger partial charge in [0.05, 0.1) is 11.7 Å². The summed E-state index contributed by atoms with van der Waals surface area (Å²) in [6.07, 6.45) is 5.54. The van der Waals surface area contributed by atoms with Gasteiger partial charge < -0.3 is 0 Å². The van der Waals surface area contributed by atoms with E-state index in [1.807, 2.05) is 11.3 Å². The Morgan fingerprint density at radius 3 is 2.94 bits per heavy atom. The molecule has 82 valence electrons. The molecule has 0 saturated carbocycles. The Balaban J connectivity index is 2.45. The van der Waals surface area contributed by atoms with E-state index >= 15 is 0 Å². The zero-order valence-corrected chi connectivity index (χ0v) is 10.6. The molecule has 0 fully saturated rings.